The van der Waals surface area contributed by atoms with E-state index < -0.39 is 5.54 Å². The van der Waals surface area contributed by atoms with Crippen LogP contribution in [0.4, 0.5) is 0 Å². The van der Waals surface area contributed by atoms with Crippen LogP contribution in [0.3, 0.4) is 0 Å². The number of piperazine rings is 1. The predicted octanol–water partition coefficient (Wildman–Crippen LogP) is 1.56. The second-order valence-corrected chi connectivity index (χ2v) is 5.26. The first-order valence-electron chi connectivity index (χ1n) is 6.98. The number of carbonyl (C=O) groups is 2. The second-order valence-electron chi connectivity index (χ2n) is 5.26. The fourth-order valence-corrected chi connectivity index (χ4v) is 2.60. The molecule has 1 fully saturated rings. The van der Waals surface area contributed by atoms with Gasteiger partial charge in [0.15, 0.2) is 0 Å². The summed E-state index contributed by atoms with van der Waals surface area (Å²) in [7, 11) is 0. The van der Waals surface area contributed by atoms with E-state index in [4.69, 9.17) is 4.42 Å². The maximum absolute atomic E-state index is 12.7. The third kappa shape index (κ3) is 2.30. The molecule has 6 heteroatoms. The number of hydrogen-bond acceptors (Lipinski definition) is 4. The number of aryl methyl sites for hydroxylation is 1. The fourth-order valence-electron chi connectivity index (χ4n) is 2.60. The van der Waals surface area contributed by atoms with Crippen LogP contribution < -0.4 is 5.32 Å². The molecule has 2 heterocycles. The highest BCUT2D eigenvalue weighted by atomic mass is 16.4. The Labute approximate surface area is 118 Å². The second kappa shape index (κ2) is 5.26. The lowest BCUT2D eigenvalue weighted by Crippen LogP contribution is -2.66. The van der Waals surface area contributed by atoms with Gasteiger partial charge in [0.1, 0.15) is 23.9 Å². The monoisotopic (exact) mass is 279 g/mol. The SMILES string of the molecule is CCC1(CC)NC(=O)CN(C(C)c2ncc(C)o2)C1=O. The minimum atomic E-state index is -0.800. The Kier molecular flexibility index (Phi) is 3.83. The molecule has 1 atom stereocenters. The lowest BCUT2D eigenvalue weighted by atomic mass is 9.88. The molecule has 1 aromatic rings. The van der Waals surface area contributed by atoms with E-state index in [1.165, 1.54) is 0 Å². The molecule has 6 nitrogen and oxygen atoms in total. The minimum Gasteiger partial charge on any atom is -0.444 e. The average molecular weight is 279 g/mol. The lowest BCUT2D eigenvalue weighted by molar-refractivity contribution is -0.153. The zero-order valence-electron chi connectivity index (χ0n) is 12.4. The molecule has 110 valence electrons. The van der Waals surface area contributed by atoms with Crippen LogP contribution in [-0.4, -0.2) is 33.8 Å². The molecule has 0 spiro atoms. The first-order chi connectivity index (χ1) is 9.43. The van der Waals surface area contributed by atoms with Crippen LogP contribution in [0.25, 0.3) is 0 Å². The molecule has 1 saturated heterocycles. The zero-order valence-corrected chi connectivity index (χ0v) is 12.4. The molecule has 0 radical (unpaired) electrons. The van der Waals surface area contributed by atoms with Crippen LogP contribution in [0.2, 0.25) is 0 Å². The fraction of sp³-hybridized carbons (Fsp3) is 0.643. The van der Waals surface area contributed by atoms with Gasteiger partial charge >= 0.3 is 0 Å². The van der Waals surface area contributed by atoms with Gasteiger partial charge in [-0.15, -0.1) is 0 Å². The molecule has 1 N–H and O–H groups in total. The van der Waals surface area contributed by atoms with Crippen molar-refractivity contribution in [1.29, 1.82) is 0 Å². The maximum Gasteiger partial charge on any atom is 0.249 e. The zero-order chi connectivity index (χ0) is 14.9. The number of carbonyl (C=O) groups excluding carboxylic acids is 2. The first-order valence-corrected chi connectivity index (χ1v) is 6.98. The smallest absolute Gasteiger partial charge is 0.249 e. The standard InChI is InChI=1S/C14H21N3O3/c1-5-14(6-2)13(19)17(8-11(18)16-14)10(4)12-15-7-9(3)20-12/h7,10H,5-6,8H2,1-4H3,(H,16,18). The van der Waals surface area contributed by atoms with Crippen molar-refractivity contribution in [2.45, 2.75) is 52.1 Å². The largest absolute Gasteiger partial charge is 0.444 e. The predicted molar refractivity (Wildman–Crippen MR) is 72.8 cm³/mol. The summed E-state index contributed by atoms with van der Waals surface area (Å²) in [6, 6.07) is -0.347. The van der Waals surface area contributed by atoms with E-state index >= 15 is 0 Å². The van der Waals surface area contributed by atoms with Crippen molar-refractivity contribution >= 4 is 11.8 Å². The summed E-state index contributed by atoms with van der Waals surface area (Å²) in [5, 5.41) is 2.84. The van der Waals surface area contributed by atoms with Gasteiger partial charge in [0, 0.05) is 0 Å². The van der Waals surface area contributed by atoms with E-state index in [-0.39, 0.29) is 24.4 Å². The van der Waals surface area contributed by atoms with E-state index in [1.54, 1.807) is 18.0 Å². The Morgan fingerprint density at radius 1 is 1.45 bits per heavy atom. The highest BCUT2D eigenvalue weighted by molar-refractivity contribution is 5.98. The number of hydrogen-bond donors (Lipinski definition) is 1. The Morgan fingerprint density at radius 2 is 2.10 bits per heavy atom. The van der Waals surface area contributed by atoms with Gasteiger partial charge in [-0.3, -0.25) is 9.59 Å². The van der Waals surface area contributed by atoms with Crippen molar-refractivity contribution in [1.82, 2.24) is 15.2 Å². The van der Waals surface area contributed by atoms with Crippen LogP contribution >= 0.6 is 0 Å². The Bertz CT molecular complexity index is 519. The number of aromatic nitrogens is 1. The number of rotatable bonds is 4. The molecule has 2 rings (SSSR count). The molecule has 0 aromatic carbocycles. The van der Waals surface area contributed by atoms with Crippen molar-refractivity contribution in [3.8, 4) is 0 Å². The van der Waals surface area contributed by atoms with Crippen LogP contribution in [0.1, 0.15) is 51.3 Å². The van der Waals surface area contributed by atoms with Gasteiger partial charge in [-0.2, -0.15) is 0 Å². The van der Waals surface area contributed by atoms with Gasteiger partial charge in [-0.1, -0.05) is 13.8 Å². The molecule has 1 aliphatic heterocycles. The van der Waals surface area contributed by atoms with Gasteiger partial charge in [0.05, 0.1) is 6.20 Å². The van der Waals surface area contributed by atoms with Crippen LogP contribution in [0.5, 0.6) is 0 Å². The number of oxazole rings is 1. The summed E-state index contributed by atoms with van der Waals surface area (Å²) in [6.07, 6.45) is 2.76. The summed E-state index contributed by atoms with van der Waals surface area (Å²) < 4.78 is 5.48. The normalized spacial score (nSPS) is 19.9. The molecule has 0 aliphatic carbocycles. The van der Waals surface area contributed by atoms with Gasteiger partial charge in [0.2, 0.25) is 17.7 Å². The number of nitrogens with one attached hydrogen (secondary N) is 1. The summed E-state index contributed by atoms with van der Waals surface area (Å²) in [5.74, 6) is 0.957. The van der Waals surface area contributed by atoms with Gasteiger partial charge in [-0.05, 0) is 26.7 Å². The average Bonchev–Trinajstić information content (AvgIpc) is 2.87. The maximum atomic E-state index is 12.7. The molecule has 0 bridgehead atoms. The highest BCUT2D eigenvalue weighted by Crippen LogP contribution is 2.28. The molecule has 2 amide bonds. The molecule has 1 unspecified atom stereocenters. The summed E-state index contributed by atoms with van der Waals surface area (Å²) in [4.78, 5) is 30.4. The van der Waals surface area contributed by atoms with Crippen molar-refractivity contribution in [3.63, 3.8) is 0 Å². The molecular weight excluding hydrogens is 258 g/mol. The van der Waals surface area contributed by atoms with E-state index in [2.05, 4.69) is 10.3 Å². The third-order valence-corrected chi connectivity index (χ3v) is 4.03. The van der Waals surface area contributed by atoms with Crippen molar-refractivity contribution in [3.05, 3.63) is 17.8 Å². The Balaban J connectivity index is 2.30. The van der Waals surface area contributed by atoms with Crippen molar-refractivity contribution in [2.75, 3.05) is 6.54 Å². The molecule has 1 aromatic heterocycles. The number of amides is 2. The Morgan fingerprint density at radius 3 is 2.60 bits per heavy atom. The van der Waals surface area contributed by atoms with Gasteiger partial charge < -0.3 is 14.6 Å². The van der Waals surface area contributed by atoms with E-state index in [9.17, 15) is 9.59 Å². The van der Waals surface area contributed by atoms with E-state index in [0.29, 0.717) is 24.5 Å². The van der Waals surface area contributed by atoms with E-state index in [1.807, 2.05) is 20.8 Å². The Hall–Kier alpha value is -1.85. The van der Waals surface area contributed by atoms with Crippen LogP contribution in [0.15, 0.2) is 10.6 Å². The quantitative estimate of drug-likeness (QED) is 0.907. The number of nitrogens with zero attached hydrogens (tertiary/aromatic N) is 2. The molecular formula is C14H21N3O3. The highest BCUT2D eigenvalue weighted by Gasteiger charge is 2.46. The summed E-state index contributed by atoms with van der Waals surface area (Å²) >= 11 is 0. The third-order valence-electron chi connectivity index (χ3n) is 4.03. The van der Waals surface area contributed by atoms with Crippen molar-refractivity contribution in [2.24, 2.45) is 0 Å². The van der Waals surface area contributed by atoms with Crippen molar-refractivity contribution < 1.29 is 14.0 Å². The van der Waals surface area contributed by atoms with Gasteiger partial charge in [0.25, 0.3) is 0 Å². The molecule has 20 heavy (non-hydrogen) atoms. The topological polar surface area (TPSA) is 75.4 Å². The molecule has 0 saturated carbocycles. The van der Waals surface area contributed by atoms with Crippen LogP contribution in [0, 0.1) is 6.92 Å². The summed E-state index contributed by atoms with van der Waals surface area (Å²) in [6.45, 7) is 7.49. The summed E-state index contributed by atoms with van der Waals surface area (Å²) in [5.41, 5.74) is -0.800. The van der Waals surface area contributed by atoms with Crippen LogP contribution in [-0.2, 0) is 9.59 Å². The minimum absolute atomic E-state index is 0.0448. The first kappa shape index (κ1) is 14.6. The molecule has 1 aliphatic rings. The lowest BCUT2D eigenvalue weighted by Gasteiger charge is -2.42. The van der Waals surface area contributed by atoms with E-state index in [0.717, 1.165) is 0 Å². The van der Waals surface area contributed by atoms with Gasteiger partial charge in [-0.25, -0.2) is 4.98 Å².